The molecule has 0 spiro atoms. The predicted molar refractivity (Wildman–Crippen MR) is 74.0 cm³/mol. The first-order chi connectivity index (χ1) is 8.72. The van der Waals surface area contributed by atoms with Crippen molar-refractivity contribution in [2.75, 3.05) is 5.88 Å². The molecule has 0 aliphatic carbocycles. The number of hydrogen-bond donors (Lipinski definition) is 1. The van der Waals surface area contributed by atoms with Crippen LogP contribution in [0.15, 0.2) is 36.5 Å². The molecule has 1 aromatic carbocycles. The van der Waals surface area contributed by atoms with E-state index in [1.165, 1.54) is 0 Å². The first-order valence-electron chi connectivity index (χ1n) is 5.93. The van der Waals surface area contributed by atoms with Gasteiger partial charge in [-0.25, -0.2) is 0 Å². The van der Waals surface area contributed by atoms with E-state index in [1.807, 2.05) is 37.3 Å². The van der Waals surface area contributed by atoms with Gasteiger partial charge in [-0.3, -0.25) is 9.78 Å². The van der Waals surface area contributed by atoms with Gasteiger partial charge in [0.05, 0.1) is 5.52 Å². The Bertz CT molecular complexity index is 551. The SMILES string of the molecule is CC(CCCl)NC(=O)c1cccc2ncccc12. The van der Waals surface area contributed by atoms with Gasteiger partial charge in [0.25, 0.3) is 5.91 Å². The Labute approximate surface area is 111 Å². The van der Waals surface area contributed by atoms with Gasteiger partial charge in [-0.05, 0) is 31.5 Å². The fourth-order valence-electron chi connectivity index (χ4n) is 1.84. The van der Waals surface area contributed by atoms with Crippen LogP contribution in [-0.2, 0) is 0 Å². The molecular formula is C14H15ClN2O. The van der Waals surface area contributed by atoms with Crippen molar-refractivity contribution in [2.24, 2.45) is 0 Å². The summed E-state index contributed by atoms with van der Waals surface area (Å²) < 4.78 is 0. The molecule has 0 radical (unpaired) electrons. The van der Waals surface area contributed by atoms with Crippen LogP contribution in [0, 0.1) is 0 Å². The molecule has 1 amide bonds. The van der Waals surface area contributed by atoms with Gasteiger partial charge in [-0.15, -0.1) is 11.6 Å². The number of nitrogens with one attached hydrogen (secondary N) is 1. The van der Waals surface area contributed by atoms with Crippen LogP contribution >= 0.6 is 11.6 Å². The lowest BCUT2D eigenvalue weighted by atomic mass is 10.1. The van der Waals surface area contributed by atoms with Crippen LogP contribution in [0.25, 0.3) is 10.9 Å². The number of amides is 1. The lowest BCUT2D eigenvalue weighted by Crippen LogP contribution is -2.32. The number of carbonyl (C=O) groups is 1. The van der Waals surface area contributed by atoms with Gasteiger partial charge in [0, 0.05) is 29.1 Å². The van der Waals surface area contributed by atoms with Crippen molar-refractivity contribution in [1.29, 1.82) is 0 Å². The zero-order chi connectivity index (χ0) is 13.0. The molecule has 0 bridgehead atoms. The average Bonchev–Trinajstić information content (AvgIpc) is 2.38. The molecule has 1 heterocycles. The van der Waals surface area contributed by atoms with E-state index in [2.05, 4.69) is 10.3 Å². The van der Waals surface area contributed by atoms with Crippen molar-refractivity contribution in [3.8, 4) is 0 Å². The van der Waals surface area contributed by atoms with Crippen molar-refractivity contribution < 1.29 is 4.79 Å². The Hall–Kier alpha value is -1.61. The smallest absolute Gasteiger partial charge is 0.252 e. The van der Waals surface area contributed by atoms with Crippen LogP contribution in [-0.4, -0.2) is 22.8 Å². The van der Waals surface area contributed by atoms with Crippen LogP contribution in [0.2, 0.25) is 0 Å². The lowest BCUT2D eigenvalue weighted by molar-refractivity contribution is 0.0941. The third-order valence-corrected chi connectivity index (χ3v) is 3.03. The summed E-state index contributed by atoms with van der Waals surface area (Å²) >= 11 is 5.66. The summed E-state index contributed by atoms with van der Waals surface area (Å²) in [6.45, 7) is 1.95. The van der Waals surface area contributed by atoms with E-state index >= 15 is 0 Å². The van der Waals surface area contributed by atoms with Crippen molar-refractivity contribution in [1.82, 2.24) is 10.3 Å². The highest BCUT2D eigenvalue weighted by atomic mass is 35.5. The summed E-state index contributed by atoms with van der Waals surface area (Å²) in [6, 6.07) is 9.37. The van der Waals surface area contributed by atoms with Gasteiger partial charge in [-0.2, -0.15) is 0 Å². The van der Waals surface area contributed by atoms with Crippen LogP contribution < -0.4 is 5.32 Å². The van der Waals surface area contributed by atoms with E-state index in [-0.39, 0.29) is 11.9 Å². The third-order valence-electron chi connectivity index (χ3n) is 2.81. The quantitative estimate of drug-likeness (QED) is 0.861. The molecule has 0 fully saturated rings. The van der Waals surface area contributed by atoms with Crippen LogP contribution in [0.1, 0.15) is 23.7 Å². The lowest BCUT2D eigenvalue weighted by Gasteiger charge is -2.13. The molecule has 1 N–H and O–H groups in total. The maximum atomic E-state index is 12.2. The number of halogens is 1. The monoisotopic (exact) mass is 262 g/mol. The van der Waals surface area contributed by atoms with E-state index in [4.69, 9.17) is 11.6 Å². The first-order valence-corrected chi connectivity index (χ1v) is 6.46. The fraction of sp³-hybridized carbons (Fsp3) is 0.286. The summed E-state index contributed by atoms with van der Waals surface area (Å²) in [6.07, 6.45) is 2.48. The largest absolute Gasteiger partial charge is 0.350 e. The second-order valence-corrected chi connectivity index (χ2v) is 4.61. The minimum Gasteiger partial charge on any atom is -0.350 e. The Morgan fingerprint density at radius 3 is 3.00 bits per heavy atom. The van der Waals surface area contributed by atoms with Crippen molar-refractivity contribution in [3.63, 3.8) is 0 Å². The molecule has 2 aromatic rings. The number of hydrogen-bond acceptors (Lipinski definition) is 2. The van der Waals surface area contributed by atoms with E-state index in [0.29, 0.717) is 11.4 Å². The maximum absolute atomic E-state index is 12.2. The molecule has 1 atom stereocenters. The third kappa shape index (κ3) is 2.79. The highest BCUT2D eigenvalue weighted by Gasteiger charge is 2.12. The maximum Gasteiger partial charge on any atom is 0.252 e. The van der Waals surface area contributed by atoms with Gasteiger partial charge >= 0.3 is 0 Å². The molecule has 18 heavy (non-hydrogen) atoms. The minimum atomic E-state index is -0.0776. The molecule has 0 aliphatic heterocycles. The second kappa shape index (κ2) is 5.83. The molecule has 2 rings (SSSR count). The number of carbonyl (C=O) groups excluding carboxylic acids is 1. The van der Waals surface area contributed by atoms with Crippen molar-refractivity contribution in [2.45, 2.75) is 19.4 Å². The Kier molecular flexibility index (Phi) is 4.15. The summed E-state index contributed by atoms with van der Waals surface area (Å²) in [5, 5.41) is 3.81. The highest BCUT2D eigenvalue weighted by molar-refractivity contribution is 6.17. The number of alkyl halides is 1. The summed E-state index contributed by atoms with van der Waals surface area (Å²) in [4.78, 5) is 16.4. The number of rotatable bonds is 4. The molecule has 1 unspecified atom stereocenters. The number of aromatic nitrogens is 1. The summed E-state index contributed by atoms with van der Waals surface area (Å²) in [7, 11) is 0. The number of fused-ring (bicyclic) bond motifs is 1. The van der Waals surface area contributed by atoms with Crippen molar-refractivity contribution >= 4 is 28.4 Å². The summed E-state index contributed by atoms with van der Waals surface area (Å²) in [5.41, 5.74) is 1.48. The second-order valence-electron chi connectivity index (χ2n) is 4.23. The zero-order valence-electron chi connectivity index (χ0n) is 10.2. The first kappa shape index (κ1) is 12.8. The van der Waals surface area contributed by atoms with Crippen LogP contribution in [0.3, 0.4) is 0 Å². The Balaban J connectivity index is 2.28. The predicted octanol–water partition coefficient (Wildman–Crippen LogP) is 2.98. The zero-order valence-corrected chi connectivity index (χ0v) is 10.9. The van der Waals surface area contributed by atoms with E-state index in [0.717, 1.165) is 17.3 Å². The van der Waals surface area contributed by atoms with E-state index in [9.17, 15) is 4.79 Å². The number of pyridine rings is 1. The molecule has 0 aliphatic rings. The van der Waals surface area contributed by atoms with Gasteiger partial charge in [0.1, 0.15) is 0 Å². The van der Waals surface area contributed by atoms with Gasteiger partial charge in [-0.1, -0.05) is 12.1 Å². The van der Waals surface area contributed by atoms with E-state index < -0.39 is 0 Å². The Morgan fingerprint density at radius 1 is 1.39 bits per heavy atom. The minimum absolute atomic E-state index is 0.0712. The fourth-order valence-corrected chi connectivity index (χ4v) is 2.17. The standard InChI is InChI=1S/C14H15ClN2O/c1-10(7-8-15)17-14(18)12-4-2-6-13-11(12)5-3-9-16-13/h2-6,9-10H,7-8H2,1H3,(H,17,18). The average molecular weight is 263 g/mol. The van der Waals surface area contributed by atoms with Gasteiger partial charge in [0.2, 0.25) is 0 Å². The van der Waals surface area contributed by atoms with Gasteiger partial charge < -0.3 is 5.32 Å². The highest BCUT2D eigenvalue weighted by Crippen LogP contribution is 2.16. The topological polar surface area (TPSA) is 42.0 Å². The molecule has 94 valence electrons. The van der Waals surface area contributed by atoms with Crippen LogP contribution in [0.4, 0.5) is 0 Å². The van der Waals surface area contributed by atoms with E-state index in [1.54, 1.807) is 6.20 Å². The molecular weight excluding hydrogens is 248 g/mol. The molecule has 3 nitrogen and oxygen atoms in total. The molecule has 0 saturated carbocycles. The van der Waals surface area contributed by atoms with Gasteiger partial charge in [0.15, 0.2) is 0 Å². The van der Waals surface area contributed by atoms with Crippen molar-refractivity contribution in [3.05, 3.63) is 42.1 Å². The van der Waals surface area contributed by atoms with Crippen LogP contribution in [0.5, 0.6) is 0 Å². The Morgan fingerprint density at radius 2 is 2.22 bits per heavy atom. The number of benzene rings is 1. The normalized spacial score (nSPS) is 12.3. The molecule has 4 heteroatoms. The number of nitrogens with zero attached hydrogens (tertiary/aromatic N) is 1. The molecule has 0 saturated heterocycles. The molecule has 1 aromatic heterocycles. The summed E-state index contributed by atoms with van der Waals surface area (Å²) in [5.74, 6) is 0.463.